The summed E-state index contributed by atoms with van der Waals surface area (Å²) < 4.78 is 5.57. The van der Waals surface area contributed by atoms with E-state index in [0.29, 0.717) is 12.3 Å². The van der Waals surface area contributed by atoms with E-state index in [1.54, 1.807) is 18.2 Å². The first-order valence-electron chi connectivity index (χ1n) is 8.52. The Morgan fingerprint density at radius 2 is 1.88 bits per heavy atom. The number of nitrogens with one attached hydrogen (secondary N) is 2. The van der Waals surface area contributed by atoms with Crippen LogP contribution in [0.1, 0.15) is 30.9 Å². The molecule has 6 nitrogen and oxygen atoms in total. The number of unbranched alkanes of at least 4 members (excludes halogenated alkanes) is 1. The van der Waals surface area contributed by atoms with Gasteiger partial charge in [0, 0.05) is 5.69 Å². The highest BCUT2D eigenvalue weighted by Gasteiger charge is 2.12. The van der Waals surface area contributed by atoms with Gasteiger partial charge in [0.2, 0.25) is 0 Å². The molecule has 2 aromatic carbocycles. The van der Waals surface area contributed by atoms with E-state index in [4.69, 9.17) is 4.74 Å². The summed E-state index contributed by atoms with van der Waals surface area (Å²) in [6, 6.07) is 14.5. The van der Waals surface area contributed by atoms with E-state index in [2.05, 4.69) is 22.8 Å². The van der Waals surface area contributed by atoms with Crippen LogP contribution in [0.25, 0.3) is 0 Å². The Morgan fingerprint density at radius 1 is 1.12 bits per heavy atom. The minimum Gasteiger partial charge on any atom is -0.494 e. The van der Waals surface area contributed by atoms with Crippen molar-refractivity contribution in [1.82, 2.24) is 5.43 Å². The van der Waals surface area contributed by atoms with Gasteiger partial charge in [-0.15, -0.1) is 0 Å². The largest absolute Gasteiger partial charge is 0.494 e. The molecule has 26 heavy (non-hydrogen) atoms. The standard InChI is InChI=1S/C20H23N3O3/c1-3-4-12-26-18-10-8-16(9-11-18)14-21-23-20(25)19(24)22-17-7-5-6-15(2)13-17/h5-11,13-14H,3-4,12H2,1-2H3,(H,22,24)(H,23,25). The molecule has 0 fully saturated rings. The molecule has 0 atom stereocenters. The SMILES string of the molecule is CCCCOc1ccc(C=NNC(=O)C(=O)Nc2cccc(C)c2)cc1. The van der Waals surface area contributed by atoms with Gasteiger partial charge in [0.25, 0.3) is 0 Å². The van der Waals surface area contributed by atoms with Crippen LogP contribution in [-0.4, -0.2) is 24.6 Å². The fraction of sp³-hybridized carbons (Fsp3) is 0.250. The molecule has 0 radical (unpaired) electrons. The highest BCUT2D eigenvalue weighted by molar-refractivity contribution is 6.39. The number of aryl methyl sites for hydroxylation is 1. The second-order valence-electron chi connectivity index (χ2n) is 5.79. The lowest BCUT2D eigenvalue weighted by molar-refractivity contribution is -0.136. The van der Waals surface area contributed by atoms with Crippen LogP contribution in [-0.2, 0) is 9.59 Å². The minimum absolute atomic E-state index is 0.563. The smallest absolute Gasteiger partial charge is 0.329 e. The third-order valence-corrected chi connectivity index (χ3v) is 3.51. The van der Waals surface area contributed by atoms with Crippen molar-refractivity contribution in [3.8, 4) is 5.75 Å². The van der Waals surface area contributed by atoms with Crippen LogP contribution in [0.3, 0.4) is 0 Å². The first-order valence-corrected chi connectivity index (χ1v) is 8.52. The Morgan fingerprint density at radius 3 is 2.58 bits per heavy atom. The van der Waals surface area contributed by atoms with Gasteiger partial charge in [0.15, 0.2) is 0 Å². The normalized spacial score (nSPS) is 10.5. The van der Waals surface area contributed by atoms with Gasteiger partial charge in [0.1, 0.15) is 5.75 Å². The quantitative estimate of drug-likeness (QED) is 0.347. The van der Waals surface area contributed by atoms with Gasteiger partial charge in [-0.05, 0) is 60.9 Å². The molecular formula is C20H23N3O3. The summed E-state index contributed by atoms with van der Waals surface area (Å²) in [5, 5.41) is 6.32. The molecule has 2 amide bonds. The number of nitrogens with zero attached hydrogens (tertiary/aromatic N) is 1. The molecular weight excluding hydrogens is 330 g/mol. The monoisotopic (exact) mass is 353 g/mol. The molecule has 136 valence electrons. The lowest BCUT2D eigenvalue weighted by Crippen LogP contribution is -2.32. The zero-order valence-corrected chi connectivity index (χ0v) is 15.0. The highest BCUT2D eigenvalue weighted by atomic mass is 16.5. The number of hydrogen-bond acceptors (Lipinski definition) is 4. The van der Waals surface area contributed by atoms with E-state index in [0.717, 1.165) is 29.7 Å². The van der Waals surface area contributed by atoms with Crippen molar-refractivity contribution in [2.45, 2.75) is 26.7 Å². The van der Waals surface area contributed by atoms with Gasteiger partial charge < -0.3 is 10.1 Å². The topological polar surface area (TPSA) is 79.8 Å². The number of carbonyl (C=O) groups excluding carboxylic acids is 2. The summed E-state index contributed by atoms with van der Waals surface area (Å²) in [7, 11) is 0. The summed E-state index contributed by atoms with van der Waals surface area (Å²) in [6.07, 6.45) is 3.56. The molecule has 0 bridgehead atoms. The van der Waals surface area contributed by atoms with E-state index in [1.807, 2.05) is 37.3 Å². The highest BCUT2D eigenvalue weighted by Crippen LogP contribution is 2.11. The van der Waals surface area contributed by atoms with Crippen LogP contribution in [0.5, 0.6) is 5.75 Å². The average Bonchev–Trinajstić information content (AvgIpc) is 2.63. The van der Waals surface area contributed by atoms with Gasteiger partial charge in [-0.3, -0.25) is 9.59 Å². The Kier molecular flexibility index (Phi) is 7.36. The number of ether oxygens (including phenoxy) is 1. The Balaban J connectivity index is 1.81. The summed E-state index contributed by atoms with van der Waals surface area (Å²) >= 11 is 0. The van der Waals surface area contributed by atoms with Gasteiger partial charge in [-0.25, -0.2) is 5.43 Å². The van der Waals surface area contributed by atoms with E-state index in [9.17, 15) is 9.59 Å². The number of benzene rings is 2. The summed E-state index contributed by atoms with van der Waals surface area (Å²) in [6.45, 7) is 4.70. The molecule has 0 aliphatic carbocycles. The number of anilines is 1. The lowest BCUT2D eigenvalue weighted by Gasteiger charge is -2.05. The molecule has 6 heteroatoms. The molecule has 0 spiro atoms. The third-order valence-electron chi connectivity index (χ3n) is 3.51. The maximum atomic E-state index is 11.8. The Hall–Kier alpha value is -3.15. The van der Waals surface area contributed by atoms with Crippen molar-refractivity contribution in [3.05, 3.63) is 59.7 Å². The number of carbonyl (C=O) groups is 2. The number of rotatable bonds is 7. The van der Waals surface area contributed by atoms with Crippen molar-refractivity contribution < 1.29 is 14.3 Å². The van der Waals surface area contributed by atoms with Crippen molar-refractivity contribution >= 4 is 23.7 Å². The second-order valence-corrected chi connectivity index (χ2v) is 5.79. The van der Waals surface area contributed by atoms with E-state index < -0.39 is 11.8 Å². The van der Waals surface area contributed by atoms with Crippen LogP contribution in [0.4, 0.5) is 5.69 Å². The van der Waals surface area contributed by atoms with E-state index in [-0.39, 0.29) is 0 Å². The summed E-state index contributed by atoms with van der Waals surface area (Å²) in [5.74, 6) is -0.813. The molecule has 0 aliphatic heterocycles. The molecule has 0 aliphatic rings. The molecule has 0 heterocycles. The number of amides is 2. The first-order chi connectivity index (χ1) is 12.6. The predicted octanol–water partition coefficient (Wildman–Crippen LogP) is 3.26. The predicted molar refractivity (Wildman–Crippen MR) is 102 cm³/mol. The molecule has 2 N–H and O–H groups in total. The number of hydrazone groups is 1. The van der Waals surface area contributed by atoms with Gasteiger partial charge >= 0.3 is 11.8 Å². The maximum Gasteiger partial charge on any atom is 0.329 e. The molecule has 0 unspecified atom stereocenters. The molecule has 2 rings (SSSR count). The first kappa shape index (κ1) is 19.2. The zero-order chi connectivity index (χ0) is 18.8. The number of hydrogen-bond donors (Lipinski definition) is 2. The summed E-state index contributed by atoms with van der Waals surface area (Å²) in [5.41, 5.74) is 4.55. The van der Waals surface area contributed by atoms with Crippen molar-refractivity contribution in [2.75, 3.05) is 11.9 Å². The van der Waals surface area contributed by atoms with Crippen molar-refractivity contribution in [3.63, 3.8) is 0 Å². The van der Waals surface area contributed by atoms with Gasteiger partial charge in [-0.1, -0.05) is 25.5 Å². The third kappa shape index (κ3) is 6.39. The Bertz CT molecular complexity index is 770. The van der Waals surface area contributed by atoms with Crippen molar-refractivity contribution in [1.29, 1.82) is 0 Å². The van der Waals surface area contributed by atoms with Crippen LogP contribution < -0.4 is 15.5 Å². The van der Waals surface area contributed by atoms with Crippen LogP contribution in [0.2, 0.25) is 0 Å². The molecule has 0 saturated carbocycles. The zero-order valence-electron chi connectivity index (χ0n) is 15.0. The minimum atomic E-state index is -0.831. The molecule has 0 aromatic heterocycles. The van der Waals surface area contributed by atoms with Crippen LogP contribution in [0, 0.1) is 6.92 Å². The van der Waals surface area contributed by atoms with Gasteiger partial charge in [0.05, 0.1) is 12.8 Å². The van der Waals surface area contributed by atoms with Crippen LogP contribution >= 0.6 is 0 Å². The van der Waals surface area contributed by atoms with Crippen molar-refractivity contribution in [2.24, 2.45) is 5.10 Å². The second kappa shape index (κ2) is 9.98. The van der Waals surface area contributed by atoms with E-state index in [1.165, 1.54) is 6.21 Å². The molecule has 0 saturated heterocycles. The van der Waals surface area contributed by atoms with E-state index >= 15 is 0 Å². The fourth-order valence-corrected chi connectivity index (χ4v) is 2.11. The fourth-order valence-electron chi connectivity index (χ4n) is 2.11. The summed E-state index contributed by atoms with van der Waals surface area (Å²) in [4.78, 5) is 23.6. The maximum absolute atomic E-state index is 11.8. The molecule has 2 aromatic rings. The van der Waals surface area contributed by atoms with Crippen LogP contribution in [0.15, 0.2) is 53.6 Å². The van der Waals surface area contributed by atoms with Gasteiger partial charge in [-0.2, -0.15) is 5.10 Å². The average molecular weight is 353 g/mol. The Labute approximate surface area is 153 Å². The lowest BCUT2D eigenvalue weighted by atomic mass is 10.2.